The number of aromatic nitrogens is 2. The summed E-state index contributed by atoms with van der Waals surface area (Å²) in [4.78, 5) is 19.2. The van der Waals surface area contributed by atoms with Crippen LogP contribution in [-0.2, 0) is 6.54 Å². The Morgan fingerprint density at radius 1 is 1.29 bits per heavy atom. The van der Waals surface area contributed by atoms with Gasteiger partial charge in [-0.15, -0.1) is 0 Å². The monoisotopic (exact) mass is 369 g/mol. The van der Waals surface area contributed by atoms with Crippen LogP contribution in [0, 0.1) is 11.3 Å². The highest BCUT2D eigenvalue weighted by molar-refractivity contribution is 6.05. The van der Waals surface area contributed by atoms with E-state index in [1.54, 1.807) is 11.0 Å². The minimum absolute atomic E-state index is 0.148. The Labute approximate surface area is 162 Å². The molecule has 1 fully saturated rings. The van der Waals surface area contributed by atoms with Gasteiger partial charge < -0.3 is 15.0 Å². The second kappa shape index (κ2) is 5.96. The van der Waals surface area contributed by atoms with Crippen LogP contribution >= 0.6 is 0 Å². The van der Waals surface area contributed by atoms with Crippen molar-refractivity contribution >= 4 is 17.2 Å². The third kappa shape index (κ3) is 2.55. The maximum atomic E-state index is 12.8. The fraction of sp³-hybridized carbons (Fsp3) is 0.227. The molecule has 2 aliphatic rings. The van der Waals surface area contributed by atoms with Crippen LogP contribution in [0.3, 0.4) is 0 Å². The molecule has 2 N–H and O–H groups in total. The van der Waals surface area contributed by atoms with E-state index in [9.17, 15) is 4.79 Å². The summed E-state index contributed by atoms with van der Waals surface area (Å²) in [6.45, 7) is 4.33. The molecular weight excluding hydrogens is 350 g/mol. The SMILES string of the molecule is C=C(C#N)CN1Cc2c(-c3ccc4nc(C5CC5)cn4c3)ccc(N)c2C1=O. The van der Waals surface area contributed by atoms with E-state index in [2.05, 4.69) is 23.4 Å². The quantitative estimate of drug-likeness (QED) is 0.563. The number of carbonyl (C=O) groups excluding carboxylic acids is 1. The summed E-state index contributed by atoms with van der Waals surface area (Å²) in [5.41, 5.74) is 12.4. The second-order valence-corrected chi connectivity index (χ2v) is 7.56. The molecule has 3 aromatic rings. The van der Waals surface area contributed by atoms with Gasteiger partial charge in [0.1, 0.15) is 5.65 Å². The van der Waals surface area contributed by atoms with Crippen molar-refractivity contribution in [2.75, 3.05) is 12.3 Å². The molecule has 1 aliphatic carbocycles. The van der Waals surface area contributed by atoms with Crippen molar-refractivity contribution in [2.45, 2.75) is 25.3 Å². The Kier molecular flexibility index (Phi) is 3.53. The van der Waals surface area contributed by atoms with Gasteiger partial charge in [-0.2, -0.15) is 5.26 Å². The molecule has 0 bridgehead atoms. The van der Waals surface area contributed by atoms with Crippen molar-refractivity contribution in [2.24, 2.45) is 0 Å². The molecule has 1 saturated carbocycles. The summed E-state index contributed by atoms with van der Waals surface area (Å²) in [5, 5.41) is 9.01. The molecule has 0 radical (unpaired) electrons. The van der Waals surface area contributed by atoms with E-state index in [0.717, 1.165) is 28.0 Å². The summed E-state index contributed by atoms with van der Waals surface area (Å²) in [6, 6.07) is 9.79. The zero-order valence-electron chi connectivity index (χ0n) is 15.4. The first-order valence-electron chi connectivity index (χ1n) is 9.32. The predicted octanol–water partition coefficient (Wildman–Crippen LogP) is 3.50. The van der Waals surface area contributed by atoms with Gasteiger partial charge >= 0.3 is 0 Å². The van der Waals surface area contributed by atoms with E-state index in [1.807, 2.05) is 24.3 Å². The van der Waals surface area contributed by atoms with Gasteiger partial charge in [-0.3, -0.25) is 4.79 Å². The van der Waals surface area contributed by atoms with Crippen molar-refractivity contribution in [1.29, 1.82) is 5.26 Å². The van der Waals surface area contributed by atoms with Crippen molar-refractivity contribution in [3.63, 3.8) is 0 Å². The lowest BCUT2D eigenvalue weighted by atomic mass is 9.97. The van der Waals surface area contributed by atoms with Gasteiger partial charge in [0.25, 0.3) is 5.91 Å². The van der Waals surface area contributed by atoms with Crippen LogP contribution < -0.4 is 5.73 Å². The smallest absolute Gasteiger partial charge is 0.256 e. The molecule has 6 nitrogen and oxygen atoms in total. The average molecular weight is 369 g/mol. The number of nitrogen functional groups attached to an aromatic ring is 1. The van der Waals surface area contributed by atoms with Crippen LogP contribution in [0.15, 0.2) is 48.8 Å². The van der Waals surface area contributed by atoms with E-state index in [4.69, 9.17) is 16.0 Å². The average Bonchev–Trinajstić information content (AvgIpc) is 3.37. The highest BCUT2D eigenvalue weighted by Crippen LogP contribution is 2.40. The maximum absolute atomic E-state index is 12.8. The van der Waals surface area contributed by atoms with Crippen molar-refractivity contribution in [1.82, 2.24) is 14.3 Å². The Morgan fingerprint density at radius 3 is 2.86 bits per heavy atom. The molecule has 5 rings (SSSR count). The normalized spacial score (nSPS) is 15.7. The van der Waals surface area contributed by atoms with Gasteiger partial charge in [0.15, 0.2) is 0 Å². The lowest BCUT2D eigenvalue weighted by Crippen LogP contribution is -2.26. The number of fused-ring (bicyclic) bond motifs is 2. The molecule has 6 heteroatoms. The predicted molar refractivity (Wildman–Crippen MR) is 107 cm³/mol. The van der Waals surface area contributed by atoms with Gasteiger partial charge in [0, 0.05) is 36.1 Å². The van der Waals surface area contributed by atoms with Crippen LogP contribution in [0.5, 0.6) is 0 Å². The molecule has 0 saturated heterocycles. The third-order valence-electron chi connectivity index (χ3n) is 5.51. The molecule has 2 aromatic heterocycles. The van der Waals surface area contributed by atoms with Crippen molar-refractivity contribution < 1.29 is 4.79 Å². The van der Waals surface area contributed by atoms with Gasteiger partial charge in [0.2, 0.25) is 0 Å². The first-order valence-corrected chi connectivity index (χ1v) is 9.32. The van der Waals surface area contributed by atoms with Gasteiger partial charge in [-0.05, 0) is 47.7 Å². The number of hydrogen-bond acceptors (Lipinski definition) is 4. The number of benzene rings is 1. The van der Waals surface area contributed by atoms with Crippen molar-refractivity contribution in [3.05, 3.63) is 65.6 Å². The van der Waals surface area contributed by atoms with E-state index in [-0.39, 0.29) is 12.5 Å². The molecular formula is C22H19N5O. The molecule has 0 atom stereocenters. The summed E-state index contributed by atoms with van der Waals surface area (Å²) >= 11 is 0. The molecule has 0 unspecified atom stereocenters. The number of pyridine rings is 1. The zero-order valence-corrected chi connectivity index (χ0v) is 15.4. The highest BCUT2D eigenvalue weighted by atomic mass is 16.2. The number of rotatable bonds is 4. The Bertz CT molecular complexity index is 1200. The minimum Gasteiger partial charge on any atom is -0.398 e. The third-order valence-corrected chi connectivity index (χ3v) is 5.51. The summed E-state index contributed by atoms with van der Waals surface area (Å²) in [6.07, 6.45) is 6.59. The summed E-state index contributed by atoms with van der Waals surface area (Å²) in [5.74, 6) is 0.453. The molecule has 1 aliphatic heterocycles. The number of nitrogens with zero attached hydrogens (tertiary/aromatic N) is 4. The molecule has 3 heterocycles. The number of anilines is 1. The largest absolute Gasteiger partial charge is 0.398 e. The Hall–Kier alpha value is -3.59. The molecule has 138 valence electrons. The molecule has 28 heavy (non-hydrogen) atoms. The number of imidazole rings is 1. The number of nitriles is 1. The lowest BCUT2D eigenvalue weighted by Gasteiger charge is -2.14. The van der Waals surface area contributed by atoms with Gasteiger partial charge in [-0.1, -0.05) is 12.6 Å². The van der Waals surface area contributed by atoms with E-state index < -0.39 is 0 Å². The van der Waals surface area contributed by atoms with Gasteiger partial charge in [-0.25, -0.2) is 4.98 Å². The topological polar surface area (TPSA) is 87.4 Å². The Balaban J connectivity index is 1.57. The first kappa shape index (κ1) is 16.6. The van der Waals surface area contributed by atoms with Crippen LogP contribution in [0.1, 0.15) is 40.4 Å². The zero-order chi connectivity index (χ0) is 19.4. The summed E-state index contributed by atoms with van der Waals surface area (Å²) < 4.78 is 2.05. The van der Waals surface area contributed by atoms with Gasteiger partial charge in [0.05, 0.1) is 23.9 Å². The van der Waals surface area contributed by atoms with Crippen molar-refractivity contribution in [3.8, 4) is 17.2 Å². The number of carbonyl (C=O) groups is 1. The maximum Gasteiger partial charge on any atom is 0.256 e. The number of nitrogens with two attached hydrogens (primary N) is 1. The van der Waals surface area contributed by atoms with Crippen LogP contribution in [-0.4, -0.2) is 26.7 Å². The molecule has 0 spiro atoms. The fourth-order valence-electron chi connectivity index (χ4n) is 3.91. The first-order chi connectivity index (χ1) is 13.5. The van der Waals surface area contributed by atoms with Crippen LogP contribution in [0.25, 0.3) is 16.8 Å². The number of hydrogen-bond donors (Lipinski definition) is 1. The standard InChI is InChI=1S/C22H19N5O/c1-13(8-23)9-27-11-17-16(5-6-18(24)21(17)22(27)28)15-4-7-20-25-19(14-2-3-14)12-26(20)10-15/h4-7,10,12,14H,1-3,9,11,24H2. The molecule has 1 amide bonds. The summed E-state index contributed by atoms with van der Waals surface area (Å²) in [7, 11) is 0. The fourth-order valence-corrected chi connectivity index (χ4v) is 3.91. The van der Waals surface area contributed by atoms with E-state index in [0.29, 0.717) is 29.3 Å². The highest BCUT2D eigenvalue weighted by Gasteiger charge is 2.32. The minimum atomic E-state index is -0.148. The number of amides is 1. The van der Waals surface area contributed by atoms with E-state index in [1.165, 1.54) is 12.8 Å². The van der Waals surface area contributed by atoms with Crippen LogP contribution in [0.2, 0.25) is 0 Å². The molecule has 1 aromatic carbocycles. The van der Waals surface area contributed by atoms with E-state index >= 15 is 0 Å². The lowest BCUT2D eigenvalue weighted by molar-refractivity contribution is 0.0794. The second-order valence-electron chi connectivity index (χ2n) is 7.56. The Morgan fingerprint density at radius 2 is 2.11 bits per heavy atom. The van der Waals surface area contributed by atoms with Crippen LogP contribution in [0.4, 0.5) is 5.69 Å².